The third-order valence-electron chi connectivity index (χ3n) is 2.59. The normalized spacial score (nSPS) is 12.9. The lowest BCUT2D eigenvalue weighted by Crippen LogP contribution is -2.40. The number of aromatic nitrogens is 2. The lowest BCUT2D eigenvalue weighted by molar-refractivity contribution is 0.0656. The predicted octanol–water partition coefficient (Wildman–Crippen LogP) is -1.87. The van der Waals surface area contributed by atoms with Crippen LogP contribution in [0.15, 0.2) is 15.7 Å². The number of aryl methyl sites for hydroxylation is 1. The number of aliphatic hydroxyl groups is 2. The summed E-state index contributed by atoms with van der Waals surface area (Å²) in [5.74, 6) is 0. The summed E-state index contributed by atoms with van der Waals surface area (Å²) in [5, 5.41) is 17.9. The molecule has 0 aliphatic carbocycles. The van der Waals surface area contributed by atoms with Crippen molar-refractivity contribution in [1.29, 1.82) is 0 Å². The number of hydrogen-bond acceptors (Lipinski definition) is 5. The number of aromatic amines is 1. The van der Waals surface area contributed by atoms with Crippen molar-refractivity contribution in [1.82, 2.24) is 14.5 Å². The number of likely N-dealkylation sites (N-methyl/N-ethyl adjacent to an activating group) is 1. The molecule has 102 valence electrons. The van der Waals surface area contributed by atoms with Crippen LogP contribution >= 0.6 is 0 Å². The Morgan fingerprint density at radius 1 is 1.50 bits per heavy atom. The molecule has 0 fully saturated rings. The van der Waals surface area contributed by atoms with Crippen LogP contribution in [0.3, 0.4) is 0 Å². The Morgan fingerprint density at radius 3 is 2.72 bits per heavy atom. The fourth-order valence-electron chi connectivity index (χ4n) is 1.63. The molecule has 0 saturated carbocycles. The summed E-state index contributed by atoms with van der Waals surface area (Å²) in [5.41, 5.74) is -0.242. The van der Waals surface area contributed by atoms with E-state index in [1.165, 1.54) is 6.07 Å². The topological polar surface area (TPSA) is 98.6 Å². The Balaban J connectivity index is 2.64. The van der Waals surface area contributed by atoms with E-state index in [0.717, 1.165) is 4.57 Å². The summed E-state index contributed by atoms with van der Waals surface area (Å²) >= 11 is 0. The lowest BCUT2D eigenvalue weighted by Gasteiger charge is -2.19. The lowest BCUT2D eigenvalue weighted by atomic mass is 10.3. The van der Waals surface area contributed by atoms with E-state index in [-0.39, 0.29) is 25.3 Å². The third-order valence-corrected chi connectivity index (χ3v) is 2.59. The van der Waals surface area contributed by atoms with Crippen LogP contribution in [0.1, 0.15) is 5.69 Å². The average Bonchev–Trinajstić information content (AvgIpc) is 2.27. The van der Waals surface area contributed by atoms with Crippen molar-refractivity contribution in [3.63, 3.8) is 0 Å². The molecule has 1 aromatic rings. The number of nitrogens with zero attached hydrogens (tertiary/aromatic N) is 2. The minimum absolute atomic E-state index is 0.239. The van der Waals surface area contributed by atoms with Gasteiger partial charge in [0.05, 0.1) is 12.7 Å². The van der Waals surface area contributed by atoms with Gasteiger partial charge in [-0.3, -0.25) is 9.36 Å². The summed E-state index contributed by atoms with van der Waals surface area (Å²) in [6.45, 7) is 2.30. The van der Waals surface area contributed by atoms with Gasteiger partial charge in [-0.05, 0) is 14.0 Å². The molecule has 3 N–H and O–H groups in total. The standard InChI is InChI=1S/C11H19N3O4/c1-8-5-10(17)14(11(18)12-8)4-3-13(2)6-9(16)7-15/h5,9,15-16H,3-4,6-7H2,1-2H3,(H,12,18)/t9-/m1/s1. The van der Waals surface area contributed by atoms with Crippen LogP contribution < -0.4 is 11.2 Å². The fraction of sp³-hybridized carbons (Fsp3) is 0.636. The highest BCUT2D eigenvalue weighted by atomic mass is 16.3. The quantitative estimate of drug-likeness (QED) is 0.554. The van der Waals surface area contributed by atoms with Crippen molar-refractivity contribution >= 4 is 0 Å². The molecule has 0 spiro atoms. The minimum Gasteiger partial charge on any atom is -0.394 e. The smallest absolute Gasteiger partial charge is 0.328 e. The van der Waals surface area contributed by atoms with Gasteiger partial charge < -0.3 is 20.1 Å². The first kappa shape index (κ1) is 14.6. The zero-order valence-corrected chi connectivity index (χ0v) is 10.6. The highest BCUT2D eigenvalue weighted by Gasteiger charge is 2.08. The van der Waals surface area contributed by atoms with Crippen LogP contribution in [0.25, 0.3) is 0 Å². The fourth-order valence-corrected chi connectivity index (χ4v) is 1.63. The number of nitrogens with one attached hydrogen (secondary N) is 1. The van der Waals surface area contributed by atoms with Crippen LogP contribution in [0.5, 0.6) is 0 Å². The van der Waals surface area contributed by atoms with Gasteiger partial charge in [0.1, 0.15) is 0 Å². The molecule has 0 aliphatic heterocycles. The molecule has 0 saturated heterocycles. The number of rotatable bonds is 6. The second kappa shape index (κ2) is 6.48. The molecule has 0 unspecified atom stereocenters. The molecular formula is C11H19N3O4. The number of hydrogen-bond donors (Lipinski definition) is 3. The van der Waals surface area contributed by atoms with Gasteiger partial charge in [0.15, 0.2) is 0 Å². The highest BCUT2D eigenvalue weighted by molar-refractivity contribution is 4.96. The van der Waals surface area contributed by atoms with Crippen molar-refractivity contribution in [2.24, 2.45) is 0 Å². The second-order valence-corrected chi connectivity index (χ2v) is 4.35. The van der Waals surface area contributed by atoms with Crippen molar-refractivity contribution in [2.45, 2.75) is 19.6 Å². The molecule has 0 aliphatic rings. The Bertz CT molecular complexity index is 463. The van der Waals surface area contributed by atoms with Crippen LogP contribution in [-0.2, 0) is 6.54 Å². The Morgan fingerprint density at radius 2 is 2.17 bits per heavy atom. The summed E-state index contributed by atoms with van der Waals surface area (Å²) in [4.78, 5) is 27.4. The Hall–Kier alpha value is -1.44. The van der Waals surface area contributed by atoms with Crippen LogP contribution in [0, 0.1) is 6.92 Å². The maximum absolute atomic E-state index is 11.6. The van der Waals surface area contributed by atoms with Crippen molar-refractivity contribution in [3.05, 3.63) is 32.6 Å². The summed E-state index contributed by atoms with van der Waals surface area (Å²) in [6, 6.07) is 1.37. The zero-order valence-electron chi connectivity index (χ0n) is 10.6. The van der Waals surface area contributed by atoms with E-state index in [9.17, 15) is 14.7 Å². The van der Waals surface area contributed by atoms with Gasteiger partial charge in [-0.15, -0.1) is 0 Å². The first-order valence-corrected chi connectivity index (χ1v) is 5.72. The van der Waals surface area contributed by atoms with E-state index in [1.807, 2.05) is 0 Å². The highest BCUT2D eigenvalue weighted by Crippen LogP contribution is 1.89. The van der Waals surface area contributed by atoms with E-state index >= 15 is 0 Å². The average molecular weight is 257 g/mol. The Kier molecular flexibility index (Phi) is 5.26. The molecule has 1 atom stereocenters. The largest absolute Gasteiger partial charge is 0.394 e. The predicted molar refractivity (Wildman–Crippen MR) is 66.6 cm³/mol. The molecule has 0 radical (unpaired) electrons. The molecule has 0 aromatic carbocycles. The molecule has 0 bridgehead atoms. The van der Waals surface area contributed by atoms with Crippen LogP contribution in [0.2, 0.25) is 0 Å². The monoisotopic (exact) mass is 257 g/mol. The van der Waals surface area contributed by atoms with E-state index in [0.29, 0.717) is 12.2 Å². The van der Waals surface area contributed by atoms with Crippen molar-refractivity contribution in [3.8, 4) is 0 Å². The maximum Gasteiger partial charge on any atom is 0.328 e. The number of H-pyrrole nitrogens is 1. The molecule has 1 heterocycles. The van der Waals surface area contributed by atoms with E-state index < -0.39 is 11.8 Å². The van der Waals surface area contributed by atoms with Gasteiger partial charge in [-0.2, -0.15) is 0 Å². The summed E-state index contributed by atoms with van der Waals surface area (Å²) in [6.07, 6.45) is -0.817. The Labute approximate surface area is 104 Å². The van der Waals surface area contributed by atoms with Gasteiger partial charge in [0.25, 0.3) is 5.56 Å². The van der Waals surface area contributed by atoms with Crippen molar-refractivity contribution < 1.29 is 10.2 Å². The summed E-state index contributed by atoms with van der Waals surface area (Å²) < 4.78 is 1.11. The molecule has 7 nitrogen and oxygen atoms in total. The first-order chi connectivity index (χ1) is 8.43. The van der Waals surface area contributed by atoms with Gasteiger partial charge in [-0.1, -0.05) is 0 Å². The SMILES string of the molecule is Cc1cc(=O)n(CCN(C)C[C@@H](O)CO)c(=O)[nH]1. The summed E-state index contributed by atoms with van der Waals surface area (Å²) in [7, 11) is 1.74. The van der Waals surface area contributed by atoms with Gasteiger partial charge in [0.2, 0.25) is 0 Å². The molecular weight excluding hydrogens is 238 g/mol. The third kappa shape index (κ3) is 4.10. The second-order valence-electron chi connectivity index (χ2n) is 4.35. The van der Waals surface area contributed by atoms with Crippen LogP contribution in [0.4, 0.5) is 0 Å². The first-order valence-electron chi connectivity index (χ1n) is 5.72. The van der Waals surface area contributed by atoms with Gasteiger partial charge in [0, 0.05) is 31.4 Å². The molecule has 0 amide bonds. The minimum atomic E-state index is -0.817. The maximum atomic E-state index is 11.6. The molecule has 18 heavy (non-hydrogen) atoms. The zero-order chi connectivity index (χ0) is 13.7. The number of aliphatic hydroxyl groups excluding tert-OH is 2. The van der Waals surface area contributed by atoms with E-state index in [4.69, 9.17) is 5.11 Å². The van der Waals surface area contributed by atoms with Gasteiger partial charge in [-0.25, -0.2) is 4.79 Å². The van der Waals surface area contributed by atoms with Gasteiger partial charge >= 0.3 is 5.69 Å². The molecule has 1 rings (SSSR count). The molecule has 1 aromatic heterocycles. The van der Waals surface area contributed by atoms with Crippen LogP contribution in [-0.4, -0.2) is 57.5 Å². The molecule has 7 heteroatoms. The van der Waals surface area contributed by atoms with Crippen molar-refractivity contribution in [2.75, 3.05) is 26.7 Å². The van der Waals surface area contributed by atoms with E-state index in [1.54, 1.807) is 18.9 Å². The van der Waals surface area contributed by atoms with E-state index in [2.05, 4.69) is 4.98 Å².